The maximum absolute atomic E-state index is 11.8. The normalized spacial score (nSPS) is 13.0. The van der Waals surface area contributed by atoms with Gasteiger partial charge in [0.05, 0.1) is 0 Å². The third-order valence-corrected chi connectivity index (χ3v) is 1.65. The second-order valence-electron chi connectivity index (χ2n) is 3.12. The summed E-state index contributed by atoms with van der Waals surface area (Å²) in [6, 6.07) is -1.15. The van der Waals surface area contributed by atoms with Crippen LogP contribution in [0.5, 0.6) is 0 Å². The lowest BCUT2D eigenvalue weighted by molar-refractivity contribution is -0.139. The molecule has 0 rings (SSSR count). The quantitative estimate of drug-likeness (QED) is 0.675. The van der Waals surface area contributed by atoms with E-state index in [9.17, 15) is 22.8 Å². The number of alkyl halides is 3. The molecule has 0 saturated heterocycles. The highest BCUT2D eigenvalue weighted by Crippen LogP contribution is 2.12. The highest BCUT2D eigenvalue weighted by molar-refractivity contribution is 5.85. The van der Waals surface area contributed by atoms with Crippen LogP contribution in [0.2, 0.25) is 0 Å². The van der Waals surface area contributed by atoms with Gasteiger partial charge in [-0.1, -0.05) is 13.3 Å². The van der Waals surface area contributed by atoms with Gasteiger partial charge in [-0.2, -0.15) is 13.2 Å². The molecule has 0 spiro atoms. The SMILES string of the molecule is CCCC(NC(=O)O)C(=O)NCC(F)(F)F. The molecule has 1 unspecified atom stereocenters. The van der Waals surface area contributed by atoms with Crippen molar-refractivity contribution in [3.05, 3.63) is 0 Å². The highest BCUT2D eigenvalue weighted by atomic mass is 19.4. The van der Waals surface area contributed by atoms with E-state index in [4.69, 9.17) is 5.11 Å². The molecule has 2 amide bonds. The predicted octanol–water partition coefficient (Wildman–Crippen LogP) is 1.10. The van der Waals surface area contributed by atoms with Crippen LogP contribution >= 0.6 is 0 Å². The Morgan fingerprint density at radius 2 is 1.94 bits per heavy atom. The summed E-state index contributed by atoms with van der Waals surface area (Å²) in [6.45, 7) is 0.223. The molecule has 0 aromatic heterocycles. The topological polar surface area (TPSA) is 78.4 Å². The minimum absolute atomic E-state index is 0.149. The summed E-state index contributed by atoms with van der Waals surface area (Å²) in [5.41, 5.74) is 0. The van der Waals surface area contributed by atoms with Crippen LogP contribution in [-0.2, 0) is 4.79 Å². The van der Waals surface area contributed by atoms with Gasteiger partial charge < -0.3 is 15.7 Å². The summed E-state index contributed by atoms with van der Waals surface area (Å²) in [4.78, 5) is 21.5. The summed E-state index contributed by atoms with van der Waals surface area (Å²) >= 11 is 0. The molecule has 0 aliphatic rings. The first-order chi connectivity index (χ1) is 7.26. The molecule has 0 aliphatic carbocycles. The van der Waals surface area contributed by atoms with E-state index in [0.29, 0.717) is 6.42 Å². The Labute approximate surface area is 90.0 Å². The fourth-order valence-corrected chi connectivity index (χ4v) is 1.02. The van der Waals surface area contributed by atoms with E-state index in [-0.39, 0.29) is 6.42 Å². The second kappa shape index (κ2) is 6.19. The van der Waals surface area contributed by atoms with Crippen molar-refractivity contribution in [1.29, 1.82) is 0 Å². The van der Waals surface area contributed by atoms with Gasteiger partial charge in [0, 0.05) is 0 Å². The third kappa shape index (κ3) is 6.91. The van der Waals surface area contributed by atoms with Crippen molar-refractivity contribution < 1.29 is 27.9 Å². The van der Waals surface area contributed by atoms with Crippen LogP contribution in [0, 0.1) is 0 Å². The third-order valence-electron chi connectivity index (χ3n) is 1.65. The van der Waals surface area contributed by atoms with Crippen LogP contribution < -0.4 is 10.6 Å². The zero-order valence-corrected chi connectivity index (χ0v) is 8.60. The number of halogens is 3. The summed E-state index contributed by atoms with van der Waals surface area (Å²) in [5, 5.41) is 11.9. The van der Waals surface area contributed by atoms with Crippen LogP contribution in [0.15, 0.2) is 0 Å². The van der Waals surface area contributed by atoms with Gasteiger partial charge in [0.25, 0.3) is 0 Å². The van der Waals surface area contributed by atoms with E-state index in [1.807, 2.05) is 5.32 Å². The number of amides is 2. The molecule has 5 nitrogen and oxygen atoms in total. The van der Waals surface area contributed by atoms with E-state index >= 15 is 0 Å². The zero-order chi connectivity index (χ0) is 12.8. The molecule has 3 N–H and O–H groups in total. The molecule has 0 radical (unpaired) electrons. The molecular formula is C8H13F3N2O3. The molecule has 8 heteroatoms. The molecule has 0 aliphatic heterocycles. The molecule has 0 aromatic rings. The number of carbonyl (C=O) groups is 2. The lowest BCUT2D eigenvalue weighted by Crippen LogP contribution is -2.48. The molecule has 94 valence electrons. The summed E-state index contributed by atoms with van der Waals surface area (Å²) < 4.78 is 35.3. The maximum Gasteiger partial charge on any atom is 0.405 e. The van der Waals surface area contributed by atoms with Gasteiger partial charge in [-0.15, -0.1) is 0 Å². The maximum atomic E-state index is 11.8. The van der Waals surface area contributed by atoms with Crippen molar-refractivity contribution in [3.8, 4) is 0 Å². The summed E-state index contributed by atoms with van der Waals surface area (Å²) in [6.07, 6.45) is -5.32. The van der Waals surface area contributed by atoms with E-state index in [0.717, 1.165) is 0 Å². The lowest BCUT2D eigenvalue weighted by Gasteiger charge is -2.16. The average Bonchev–Trinajstić information content (AvgIpc) is 2.11. The standard InChI is InChI=1S/C8H13F3N2O3/c1-2-3-5(13-7(15)16)6(14)12-4-8(9,10)11/h5,13H,2-4H2,1H3,(H,12,14)(H,15,16). The van der Waals surface area contributed by atoms with Gasteiger partial charge in [-0.25, -0.2) is 4.79 Å². The predicted molar refractivity (Wildman–Crippen MR) is 48.9 cm³/mol. The number of carboxylic acid groups (broad SMARTS) is 1. The minimum Gasteiger partial charge on any atom is -0.465 e. The summed E-state index contributed by atoms with van der Waals surface area (Å²) in [5.74, 6) is -0.971. The van der Waals surface area contributed by atoms with Crippen LogP contribution in [0.4, 0.5) is 18.0 Å². The molecule has 1 atom stereocenters. The van der Waals surface area contributed by atoms with Gasteiger partial charge in [-0.3, -0.25) is 4.79 Å². The van der Waals surface area contributed by atoms with Crippen molar-refractivity contribution in [2.75, 3.05) is 6.54 Å². The fourth-order valence-electron chi connectivity index (χ4n) is 1.02. The van der Waals surface area contributed by atoms with Crippen molar-refractivity contribution in [2.45, 2.75) is 32.0 Å². The van der Waals surface area contributed by atoms with Crippen LogP contribution in [0.3, 0.4) is 0 Å². The number of hydrogen-bond donors (Lipinski definition) is 3. The first-order valence-corrected chi connectivity index (χ1v) is 4.60. The van der Waals surface area contributed by atoms with Crippen molar-refractivity contribution in [1.82, 2.24) is 10.6 Å². The Kier molecular flexibility index (Phi) is 5.62. The average molecular weight is 242 g/mol. The first kappa shape index (κ1) is 14.5. The second-order valence-corrected chi connectivity index (χ2v) is 3.12. The molecule has 0 bridgehead atoms. The van der Waals surface area contributed by atoms with Crippen molar-refractivity contribution in [2.24, 2.45) is 0 Å². The van der Waals surface area contributed by atoms with E-state index < -0.39 is 30.8 Å². The number of carbonyl (C=O) groups excluding carboxylic acids is 1. The molecular weight excluding hydrogens is 229 g/mol. The Balaban J connectivity index is 4.22. The van der Waals surface area contributed by atoms with Gasteiger partial charge in [0.15, 0.2) is 0 Å². The molecule has 0 saturated carbocycles. The van der Waals surface area contributed by atoms with Gasteiger partial charge >= 0.3 is 12.3 Å². The van der Waals surface area contributed by atoms with E-state index in [1.54, 1.807) is 12.2 Å². The zero-order valence-electron chi connectivity index (χ0n) is 8.60. The van der Waals surface area contributed by atoms with Crippen LogP contribution in [0.1, 0.15) is 19.8 Å². The Bertz CT molecular complexity index is 255. The van der Waals surface area contributed by atoms with Crippen molar-refractivity contribution in [3.63, 3.8) is 0 Å². The van der Waals surface area contributed by atoms with Crippen LogP contribution in [0.25, 0.3) is 0 Å². The number of nitrogens with one attached hydrogen (secondary N) is 2. The van der Waals surface area contributed by atoms with Gasteiger partial charge in [0.2, 0.25) is 5.91 Å². The Hall–Kier alpha value is -1.47. The minimum atomic E-state index is -4.50. The van der Waals surface area contributed by atoms with Gasteiger partial charge in [0.1, 0.15) is 12.6 Å². The van der Waals surface area contributed by atoms with Gasteiger partial charge in [-0.05, 0) is 6.42 Å². The monoisotopic (exact) mass is 242 g/mol. The lowest BCUT2D eigenvalue weighted by atomic mass is 10.1. The number of hydrogen-bond acceptors (Lipinski definition) is 2. The smallest absolute Gasteiger partial charge is 0.405 e. The fraction of sp³-hybridized carbons (Fsp3) is 0.750. The Morgan fingerprint density at radius 3 is 2.31 bits per heavy atom. The Morgan fingerprint density at radius 1 is 1.38 bits per heavy atom. The summed E-state index contributed by atoms with van der Waals surface area (Å²) in [7, 11) is 0. The largest absolute Gasteiger partial charge is 0.465 e. The van der Waals surface area contributed by atoms with Crippen molar-refractivity contribution >= 4 is 12.0 Å². The first-order valence-electron chi connectivity index (χ1n) is 4.60. The molecule has 0 heterocycles. The molecule has 0 aromatic carbocycles. The van der Waals surface area contributed by atoms with E-state index in [1.165, 1.54) is 0 Å². The molecule has 16 heavy (non-hydrogen) atoms. The number of rotatable bonds is 5. The van der Waals surface area contributed by atoms with E-state index in [2.05, 4.69) is 0 Å². The molecule has 0 fully saturated rings. The van der Waals surface area contributed by atoms with Crippen LogP contribution in [-0.4, -0.2) is 35.9 Å². The highest BCUT2D eigenvalue weighted by Gasteiger charge is 2.29.